The zero-order valence-corrected chi connectivity index (χ0v) is 21.7. The predicted molar refractivity (Wildman–Crippen MR) is 131 cm³/mol. The van der Waals surface area contributed by atoms with Crippen molar-refractivity contribution < 1.29 is 9.90 Å². The van der Waals surface area contributed by atoms with E-state index in [1.54, 1.807) is 0 Å². The minimum Gasteiger partial charge on any atom is -0.393 e. The summed E-state index contributed by atoms with van der Waals surface area (Å²) in [5.74, 6) is 3.23. The molecule has 0 spiro atoms. The van der Waals surface area contributed by atoms with Crippen LogP contribution in [0.4, 0.5) is 0 Å². The number of rotatable bonds is 2. The number of hydrogen-bond acceptors (Lipinski definition) is 2. The topological polar surface area (TPSA) is 37.3 Å². The number of fused-ring (bicyclic) bond motifs is 7. The normalized spacial score (nSPS) is 56.3. The average molecular weight is 441 g/mol. The van der Waals surface area contributed by atoms with Crippen molar-refractivity contribution in [2.75, 3.05) is 0 Å². The molecule has 0 heterocycles. The maximum absolute atomic E-state index is 11.6. The molecule has 0 aromatic heterocycles. The van der Waals surface area contributed by atoms with E-state index in [0.717, 1.165) is 36.5 Å². The zero-order chi connectivity index (χ0) is 23.3. The summed E-state index contributed by atoms with van der Waals surface area (Å²) >= 11 is 0. The van der Waals surface area contributed by atoms with E-state index in [4.69, 9.17) is 0 Å². The summed E-state index contributed by atoms with van der Waals surface area (Å²) in [6, 6.07) is 0. The fraction of sp³-hybridized carbons (Fsp3) is 0.900. The quantitative estimate of drug-likeness (QED) is 0.364. The Kier molecular flexibility index (Phi) is 5.03. The van der Waals surface area contributed by atoms with Crippen molar-refractivity contribution in [2.24, 2.45) is 56.7 Å². The third-order valence-corrected chi connectivity index (χ3v) is 13.6. The van der Waals surface area contributed by atoms with Gasteiger partial charge in [-0.05, 0) is 126 Å². The molecule has 0 bridgehead atoms. The Labute approximate surface area is 197 Å². The minimum absolute atomic E-state index is 0.0313. The van der Waals surface area contributed by atoms with Crippen molar-refractivity contribution in [3.05, 3.63) is 12.2 Å². The summed E-state index contributed by atoms with van der Waals surface area (Å²) in [5.41, 5.74) is 2.37. The highest BCUT2D eigenvalue weighted by Gasteiger charge is 2.70. The van der Waals surface area contributed by atoms with Gasteiger partial charge in [0.15, 0.2) is 0 Å². The second-order valence-corrected chi connectivity index (χ2v) is 14.5. The maximum Gasteiger partial charge on any atom is 0.145 e. The van der Waals surface area contributed by atoms with Crippen molar-refractivity contribution >= 4 is 6.29 Å². The van der Waals surface area contributed by atoms with Gasteiger partial charge in [0, 0.05) is 0 Å². The number of carbonyl (C=O) groups is 1. The molecule has 0 aromatic rings. The first-order chi connectivity index (χ1) is 14.9. The standard InChI is InChI=1S/C30H48O2/c1-19(18-31)20-10-14-27(4)21(20)11-16-29(6)23(27)8-9-24-28(5)15-13-25(32)26(2,3)22(28)12-17-30(24,29)7/h18,20-25,32H,1,8-17H2,2-7H3/t20-,21-,22?,23+,24?,25-,27-,28-,29+,30+/m0/s1. The average Bonchev–Trinajstić information content (AvgIpc) is 3.08. The van der Waals surface area contributed by atoms with Gasteiger partial charge in [0.2, 0.25) is 0 Å². The Hall–Kier alpha value is -0.630. The summed E-state index contributed by atoms with van der Waals surface area (Å²) < 4.78 is 0. The molecule has 1 N–H and O–H groups in total. The van der Waals surface area contributed by atoms with E-state index in [0.29, 0.717) is 39.4 Å². The Morgan fingerprint density at radius 3 is 1.94 bits per heavy atom. The van der Waals surface area contributed by atoms with Gasteiger partial charge in [-0.25, -0.2) is 0 Å². The molecule has 0 amide bonds. The van der Waals surface area contributed by atoms with Gasteiger partial charge in [0.05, 0.1) is 6.10 Å². The predicted octanol–water partition coefficient (Wildman–Crippen LogP) is 7.20. The lowest BCUT2D eigenvalue weighted by molar-refractivity contribution is -0.251. The molecule has 2 heteroatoms. The fourth-order valence-electron chi connectivity index (χ4n) is 11.7. The van der Waals surface area contributed by atoms with Crippen LogP contribution < -0.4 is 0 Å². The third kappa shape index (κ3) is 2.60. The van der Waals surface area contributed by atoms with Crippen molar-refractivity contribution in [3.63, 3.8) is 0 Å². The van der Waals surface area contributed by atoms with Crippen LogP contribution in [0.1, 0.15) is 106 Å². The number of hydrogen-bond donors (Lipinski definition) is 1. The SMILES string of the molecule is C=C(C=O)[C@@H]1CC[C@]2(C)[C@H]3CCC4[C@@]5(C)CC[C@H](O)C(C)(C)C5CC[C@@]4(C)[C@]3(C)CC[C@@H]12. The maximum atomic E-state index is 11.6. The van der Waals surface area contributed by atoms with Gasteiger partial charge in [-0.2, -0.15) is 0 Å². The Morgan fingerprint density at radius 1 is 0.750 bits per heavy atom. The Morgan fingerprint density at radius 2 is 1.31 bits per heavy atom. The molecule has 5 aliphatic rings. The van der Waals surface area contributed by atoms with Crippen LogP contribution in [0.3, 0.4) is 0 Å². The van der Waals surface area contributed by atoms with Gasteiger partial charge in [-0.15, -0.1) is 0 Å². The monoisotopic (exact) mass is 440 g/mol. The molecule has 180 valence electrons. The molecule has 2 nitrogen and oxygen atoms in total. The Bertz CT molecular complexity index is 814. The molecule has 32 heavy (non-hydrogen) atoms. The van der Waals surface area contributed by atoms with Gasteiger partial charge in [-0.1, -0.05) is 48.1 Å². The Balaban J connectivity index is 1.51. The molecule has 5 fully saturated rings. The summed E-state index contributed by atoms with van der Waals surface area (Å²) in [6.07, 6.45) is 13.4. The second-order valence-electron chi connectivity index (χ2n) is 14.5. The van der Waals surface area contributed by atoms with E-state index in [-0.39, 0.29) is 11.5 Å². The summed E-state index contributed by atoms with van der Waals surface area (Å²) in [6.45, 7) is 19.4. The summed E-state index contributed by atoms with van der Waals surface area (Å²) in [7, 11) is 0. The van der Waals surface area contributed by atoms with E-state index < -0.39 is 0 Å². The van der Waals surface area contributed by atoms with Gasteiger partial charge < -0.3 is 5.11 Å². The molecule has 0 aliphatic heterocycles. The fourth-order valence-corrected chi connectivity index (χ4v) is 11.7. The van der Waals surface area contributed by atoms with Crippen LogP contribution in [-0.4, -0.2) is 17.5 Å². The third-order valence-electron chi connectivity index (χ3n) is 13.6. The highest BCUT2D eigenvalue weighted by molar-refractivity contribution is 5.73. The van der Waals surface area contributed by atoms with Crippen LogP contribution in [0.2, 0.25) is 0 Å². The molecule has 0 aromatic carbocycles. The van der Waals surface area contributed by atoms with Crippen LogP contribution >= 0.6 is 0 Å². The number of allylic oxidation sites excluding steroid dienone is 1. The van der Waals surface area contributed by atoms with Crippen LogP contribution in [0.25, 0.3) is 0 Å². The van der Waals surface area contributed by atoms with Crippen LogP contribution in [-0.2, 0) is 4.79 Å². The van der Waals surface area contributed by atoms with Crippen molar-refractivity contribution in [3.8, 4) is 0 Å². The molecular weight excluding hydrogens is 392 g/mol. The van der Waals surface area contributed by atoms with Crippen molar-refractivity contribution in [1.29, 1.82) is 0 Å². The van der Waals surface area contributed by atoms with Gasteiger partial charge in [0.1, 0.15) is 6.29 Å². The summed E-state index contributed by atoms with van der Waals surface area (Å²) in [5, 5.41) is 10.9. The van der Waals surface area contributed by atoms with E-state index >= 15 is 0 Å². The molecule has 5 saturated carbocycles. The lowest BCUT2D eigenvalue weighted by atomic mass is 9.32. The van der Waals surface area contributed by atoms with Gasteiger partial charge in [0.25, 0.3) is 0 Å². The molecule has 5 rings (SSSR count). The van der Waals surface area contributed by atoms with Crippen LogP contribution in [0.5, 0.6) is 0 Å². The van der Waals surface area contributed by atoms with Crippen molar-refractivity contribution in [2.45, 2.75) is 112 Å². The lowest BCUT2D eigenvalue weighted by Gasteiger charge is -2.73. The summed E-state index contributed by atoms with van der Waals surface area (Å²) in [4.78, 5) is 11.6. The number of aliphatic hydroxyl groups excluding tert-OH is 1. The molecule has 5 aliphatic carbocycles. The molecule has 0 saturated heterocycles. The van der Waals surface area contributed by atoms with E-state index in [9.17, 15) is 9.90 Å². The number of aldehydes is 1. The second kappa shape index (κ2) is 6.96. The molecule has 2 unspecified atom stereocenters. The van der Waals surface area contributed by atoms with E-state index in [1.807, 2.05) is 0 Å². The van der Waals surface area contributed by atoms with E-state index in [1.165, 1.54) is 51.4 Å². The van der Waals surface area contributed by atoms with Gasteiger partial charge in [-0.3, -0.25) is 4.79 Å². The highest BCUT2D eigenvalue weighted by atomic mass is 16.3. The smallest absolute Gasteiger partial charge is 0.145 e. The van der Waals surface area contributed by atoms with Crippen LogP contribution in [0, 0.1) is 56.7 Å². The van der Waals surface area contributed by atoms with Crippen molar-refractivity contribution in [1.82, 2.24) is 0 Å². The largest absolute Gasteiger partial charge is 0.393 e. The van der Waals surface area contributed by atoms with E-state index in [2.05, 4.69) is 48.1 Å². The van der Waals surface area contributed by atoms with Gasteiger partial charge >= 0.3 is 0 Å². The highest BCUT2D eigenvalue weighted by Crippen LogP contribution is 2.77. The first-order valence-electron chi connectivity index (χ1n) is 13.7. The first kappa shape index (κ1) is 23.1. The first-order valence-corrected chi connectivity index (χ1v) is 13.7. The number of aliphatic hydroxyl groups is 1. The minimum atomic E-state index is -0.146. The van der Waals surface area contributed by atoms with Crippen LogP contribution in [0.15, 0.2) is 12.2 Å². The molecule has 10 atom stereocenters. The zero-order valence-electron chi connectivity index (χ0n) is 21.7. The molecule has 0 radical (unpaired) electrons. The lowest BCUT2D eigenvalue weighted by Crippen LogP contribution is -2.66. The number of carbonyl (C=O) groups excluding carboxylic acids is 1. The molecular formula is C30H48O2.